The van der Waals surface area contributed by atoms with Gasteiger partial charge in [-0.15, -0.1) is 0 Å². The molecule has 0 saturated carbocycles. The standard InChI is InChI=1S/C19H21O4P/c1-3-21-24(20,22-4-2)14-15-9-11-16(12-10-15)19-13-17-7-5-6-8-18(17)23-19/h5-13H,3-4,14H2,1-2H3. The number of fused-ring (bicyclic) bond motifs is 1. The van der Waals surface area contributed by atoms with Gasteiger partial charge in [-0.3, -0.25) is 4.57 Å². The van der Waals surface area contributed by atoms with Crippen molar-refractivity contribution in [3.05, 3.63) is 60.2 Å². The molecule has 126 valence electrons. The summed E-state index contributed by atoms with van der Waals surface area (Å²) in [7, 11) is -3.08. The zero-order valence-electron chi connectivity index (χ0n) is 13.9. The molecule has 24 heavy (non-hydrogen) atoms. The largest absolute Gasteiger partial charge is 0.456 e. The quantitative estimate of drug-likeness (QED) is 0.503. The number of hydrogen-bond acceptors (Lipinski definition) is 4. The molecule has 0 aliphatic heterocycles. The van der Waals surface area contributed by atoms with E-state index in [0.29, 0.717) is 13.2 Å². The fourth-order valence-electron chi connectivity index (χ4n) is 2.64. The first kappa shape index (κ1) is 17.0. The Kier molecular flexibility index (Phi) is 5.20. The van der Waals surface area contributed by atoms with Crippen LogP contribution in [-0.2, 0) is 19.8 Å². The molecule has 0 unspecified atom stereocenters. The average Bonchev–Trinajstić information content (AvgIpc) is 3.00. The highest BCUT2D eigenvalue weighted by molar-refractivity contribution is 7.53. The molecule has 0 N–H and O–H groups in total. The predicted molar refractivity (Wildman–Crippen MR) is 96.2 cm³/mol. The lowest BCUT2D eigenvalue weighted by Gasteiger charge is -2.17. The smallest absolute Gasteiger partial charge is 0.335 e. The molecule has 0 fully saturated rings. The Morgan fingerprint density at radius 1 is 0.958 bits per heavy atom. The van der Waals surface area contributed by atoms with Crippen LogP contribution in [0.4, 0.5) is 0 Å². The van der Waals surface area contributed by atoms with Crippen LogP contribution in [0.5, 0.6) is 0 Å². The molecule has 3 aromatic rings. The van der Waals surface area contributed by atoms with Crippen molar-refractivity contribution >= 4 is 18.6 Å². The maximum Gasteiger partial charge on any atom is 0.335 e. The third-order valence-electron chi connectivity index (χ3n) is 3.69. The summed E-state index contributed by atoms with van der Waals surface area (Å²) in [6, 6.07) is 17.8. The Hall–Kier alpha value is -1.87. The molecule has 0 atom stereocenters. The minimum Gasteiger partial charge on any atom is -0.456 e. The minimum atomic E-state index is -3.08. The summed E-state index contributed by atoms with van der Waals surface area (Å²) in [4.78, 5) is 0. The van der Waals surface area contributed by atoms with Gasteiger partial charge in [0.05, 0.1) is 19.4 Å². The zero-order chi connectivity index (χ0) is 17.0. The first-order chi connectivity index (χ1) is 11.6. The van der Waals surface area contributed by atoms with E-state index in [1.165, 1.54) is 0 Å². The Morgan fingerprint density at radius 2 is 1.62 bits per heavy atom. The molecule has 4 nitrogen and oxygen atoms in total. The second-order valence-electron chi connectivity index (χ2n) is 5.45. The van der Waals surface area contributed by atoms with Crippen molar-refractivity contribution in [1.29, 1.82) is 0 Å². The molecular weight excluding hydrogens is 323 g/mol. The van der Waals surface area contributed by atoms with E-state index in [0.717, 1.165) is 27.9 Å². The van der Waals surface area contributed by atoms with E-state index < -0.39 is 7.60 Å². The Balaban J connectivity index is 1.81. The van der Waals surface area contributed by atoms with Gasteiger partial charge in [0.1, 0.15) is 11.3 Å². The number of benzene rings is 2. The summed E-state index contributed by atoms with van der Waals surface area (Å²) in [5, 5.41) is 1.08. The second-order valence-corrected chi connectivity index (χ2v) is 7.50. The van der Waals surface area contributed by atoms with E-state index in [1.54, 1.807) is 0 Å². The number of para-hydroxylation sites is 1. The van der Waals surface area contributed by atoms with Crippen molar-refractivity contribution < 1.29 is 18.0 Å². The third-order valence-corrected chi connectivity index (χ3v) is 5.75. The van der Waals surface area contributed by atoms with Gasteiger partial charge in [0.25, 0.3) is 0 Å². The van der Waals surface area contributed by atoms with Gasteiger partial charge in [0.15, 0.2) is 0 Å². The molecule has 0 aliphatic rings. The first-order valence-corrected chi connectivity index (χ1v) is 9.82. The van der Waals surface area contributed by atoms with E-state index in [1.807, 2.05) is 68.4 Å². The van der Waals surface area contributed by atoms with Crippen molar-refractivity contribution in [2.45, 2.75) is 20.0 Å². The molecule has 0 amide bonds. The Morgan fingerprint density at radius 3 is 2.25 bits per heavy atom. The molecule has 0 aliphatic carbocycles. The lowest BCUT2D eigenvalue weighted by atomic mass is 10.1. The monoisotopic (exact) mass is 344 g/mol. The molecular formula is C19H21O4P. The molecule has 3 rings (SSSR count). The highest BCUT2D eigenvalue weighted by Crippen LogP contribution is 2.51. The van der Waals surface area contributed by atoms with Crippen molar-refractivity contribution in [1.82, 2.24) is 0 Å². The molecule has 5 heteroatoms. The van der Waals surface area contributed by atoms with E-state index in [4.69, 9.17) is 13.5 Å². The summed E-state index contributed by atoms with van der Waals surface area (Å²) in [6.45, 7) is 4.37. The fraction of sp³-hybridized carbons (Fsp3) is 0.263. The van der Waals surface area contributed by atoms with E-state index >= 15 is 0 Å². The molecule has 0 spiro atoms. The summed E-state index contributed by atoms with van der Waals surface area (Å²) >= 11 is 0. The van der Waals surface area contributed by atoms with Crippen molar-refractivity contribution in [2.24, 2.45) is 0 Å². The lowest BCUT2D eigenvalue weighted by molar-refractivity contribution is 0.219. The topological polar surface area (TPSA) is 48.7 Å². The van der Waals surface area contributed by atoms with Crippen LogP contribution in [0.15, 0.2) is 59.0 Å². The van der Waals surface area contributed by atoms with Crippen LogP contribution in [0.3, 0.4) is 0 Å². The van der Waals surface area contributed by atoms with Crippen LogP contribution in [0, 0.1) is 0 Å². The first-order valence-electron chi connectivity index (χ1n) is 8.09. The van der Waals surface area contributed by atoms with Gasteiger partial charge >= 0.3 is 7.60 Å². The summed E-state index contributed by atoms with van der Waals surface area (Å²) in [6.07, 6.45) is 0.273. The van der Waals surface area contributed by atoms with Gasteiger partial charge in [-0.2, -0.15) is 0 Å². The van der Waals surface area contributed by atoms with Crippen molar-refractivity contribution in [3.8, 4) is 11.3 Å². The molecule has 2 aromatic carbocycles. The van der Waals surface area contributed by atoms with Gasteiger partial charge < -0.3 is 13.5 Å². The minimum absolute atomic E-state index is 0.273. The summed E-state index contributed by atoms with van der Waals surface area (Å²) in [5.41, 5.74) is 2.77. The van der Waals surface area contributed by atoms with Crippen LogP contribution in [0.2, 0.25) is 0 Å². The van der Waals surface area contributed by atoms with Gasteiger partial charge in [-0.1, -0.05) is 42.5 Å². The van der Waals surface area contributed by atoms with Crippen LogP contribution in [0.1, 0.15) is 19.4 Å². The SMILES string of the molecule is CCOP(=O)(Cc1ccc(-c2cc3ccccc3o2)cc1)OCC. The molecule has 0 radical (unpaired) electrons. The van der Waals surface area contributed by atoms with Gasteiger partial charge in [-0.05, 0) is 31.5 Å². The summed E-state index contributed by atoms with van der Waals surface area (Å²) < 4.78 is 29.1. The molecule has 0 saturated heterocycles. The van der Waals surface area contributed by atoms with E-state index in [-0.39, 0.29) is 6.16 Å². The maximum atomic E-state index is 12.6. The van der Waals surface area contributed by atoms with Crippen LogP contribution < -0.4 is 0 Å². The lowest BCUT2D eigenvalue weighted by Crippen LogP contribution is -1.99. The Labute approximate surface area is 141 Å². The molecule has 1 aromatic heterocycles. The predicted octanol–water partition coefficient (Wildman–Crippen LogP) is 5.87. The normalized spacial score (nSPS) is 11.9. The highest BCUT2D eigenvalue weighted by Gasteiger charge is 2.23. The Bertz CT molecular complexity index is 808. The van der Waals surface area contributed by atoms with Crippen molar-refractivity contribution in [2.75, 3.05) is 13.2 Å². The van der Waals surface area contributed by atoms with E-state index in [2.05, 4.69) is 0 Å². The van der Waals surface area contributed by atoms with Crippen LogP contribution in [0.25, 0.3) is 22.3 Å². The van der Waals surface area contributed by atoms with Crippen LogP contribution in [-0.4, -0.2) is 13.2 Å². The van der Waals surface area contributed by atoms with E-state index in [9.17, 15) is 4.57 Å². The van der Waals surface area contributed by atoms with Crippen molar-refractivity contribution in [3.63, 3.8) is 0 Å². The number of rotatable bonds is 7. The molecule has 1 heterocycles. The highest BCUT2D eigenvalue weighted by atomic mass is 31.2. The second kappa shape index (κ2) is 7.35. The number of hydrogen-bond donors (Lipinski definition) is 0. The molecule has 0 bridgehead atoms. The van der Waals surface area contributed by atoms with Gasteiger partial charge in [0.2, 0.25) is 0 Å². The maximum absolute atomic E-state index is 12.6. The zero-order valence-corrected chi connectivity index (χ0v) is 14.8. The fourth-order valence-corrected chi connectivity index (χ4v) is 4.35. The van der Waals surface area contributed by atoms with Gasteiger partial charge in [-0.25, -0.2) is 0 Å². The van der Waals surface area contributed by atoms with Crippen LogP contribution >= 0.6 is 7.60 Å². The average molecular weight is 344 g/mol. The summed E-state index contributed by atoms with van der Waals surface area (Å²) in [5.74, 6) is 0.820. The third kappa shape index (κ3) is 3.78. The van der Waals surface area contributed by atoms with Gasteiger partial charge in [0, 0.05) is 10.9 Å². The number of furan rings is 1.